The fourth-order valence-electron chi connectivity index (χ4n) is 2.61. The van der Waals surface area contributed by atoms with Crippen LogP contribution in [0.15, 0.2) is 0 Å². The van der Waals surface area contributed by atoms with E-state index in [0.29, 0.717) is 29.5 Å². The fourth-order valence-corrected chi connectivity index (χ4v) is 2.61. The highest BCUT2D eigenvalue weighted by Crippen LogP contribution is 2.27. The van der Waals surface area contributed by atoms with Gasteiger partial charge in [-0.3, -0.25) is 0 Å². The molecule has 1 aromatic rings. The van der Waals surface area contributed by atoms with E-state index in [1.807, 2.05) is 4.90 Å². The first-order valence-electron chi connectivity index (χ1n) is 6.80. The number of carboxylic acid groups (broad SMARTS) is 1. The number of ether oxygens (including phenoxy) is 1. The van der Waals surface area contributed by atoms with Crippen LogP contribution in [0.5, 0.6) is 0 Å². The molecule has 2 atom stereocenters. The van der Waals surface area contributed by atoms with Crippen LogP contribution in [0.2, 0.25) is 0 Å². The number of aromatic nitrogens is 2. The van der Waals surface area contributed by atoms with Crippen molar-refractivity contribution in [1.29, 1.82) is 0 Å². The Hall–Kier alpha value is -1.69. The molecule has 6 nitrogen and oxygen atoms in total. The first-order valence-corrected chi connectivity index (χ1v) is 6.80. The number of anilines is 1. The van der Waals surface area contributed by atoms with Crippen molar-refractivity contribution < 1.29 is 14.6 Å². The molecule has 2 rings (SSSR count). The Balaban J connectivity index is 2.38. The molecule has 1 aliphatic rings. The van der Waals surface area contributed by atoms with E-state index in [9.17, 15) is 9.90 Å². The molecule has 0 bridgehead atoms. The summed E-state index contributed by atoms with van der Waals surface area (Å²) in [6.45, 7) is 7.12. The van der Waals surface area contributed by atoms with Crippen LogP contribution in [0, 0.1) is 19.8 Å². The van der Waals surface area contributed by atoms with Crippen LogP contribution in [0.25, 0.3) is 0 Å². The first-order chi connectivity index (χ1) is 9.45. The SMILES string of the molecule is COC1CN(c2nnc(C)c(C)c2C(=O)O)CCC1C. The molecular weight excluding hydrogens is 258 g/mol. The van der Waals surface area contributed by atoms with Gasteiger partial charge < -0.3 is 14.7 Å². The maximum Gasteiger partial charge on any atom is 0.339 e. The molecule has 0 saturated carbocycles. The second-order valence-electron chi connectivity index (χ2n) is 5.40. The largest absolute Gasteiger partial charge is 0.478 e. The Morgan fingerprint density at radius 3 is 2.70 bits per heavy atom. The number of carbonyl (C=O) groups is 1. The summed E-state index contributed by atoms with van der Waals surface area (Å²) in [5.41, 5.74) is 1.58. The second-order valence-corrected chi connectivity index (χ2v) is 5.40. The van der Waals surface area contributed by atoms with Crippen molar-refractivity contribution in [3.63, 3.8) is 0 Å². The maximum absolute atomic E-state index is 11.5. The van der Waals surface area contributed by atoms with Crippen LogP contribution in [0.1, 0.15) is 35.0 Å². The van der Waals surface area contributed by atoms with Gasteiger partial charge in [0.2, 0.25) is 0 Å². The fraction of sp³-hybridized carbons (Fsp3) is 0.643. The number of piperidine rings is 1. The molecule has 2 unspecified atom stereocenters. The molecule has 0 aliphatic carbocycles. The minimum Gasteiger partial charge on any atom is -0.478 e. The lowest BCUT2D eigenvalue weighted by atomic mass is 9.95. The predicted octanol–water partition coefficient (Wildman–Crippen LogP) is 1.65. The maximum atomic E-state index is 11.5. The van der Waals surface area contributed by atoms with E-state index < -0.39 is 5.97 Å². The molecule has 0 aromatic carbocycles. The van der Waals surface area contributed by atoms with Crippen LogP contribution >= 0.6 is 0 Å². The average molecular weight is 279 g/mol. The lowest BCUT2D eigenvalue weighted by molar-refractivity contribution is 0.0493. The first kappa shape index (κ1) is 14.7. The topological polar surface area (TPSA) is 75.5 Å². The molecule has 1 saturated heterocycles. The highest BCUT2D eigenvalue weighted by atomic mass is 16.5. The molecule has 110 valence electrons. The van der Waals surface area contributed by atoms with Gasteiger partial charge in [0.25, 0.3) is 0 Å². The van der Waals surface area contributed by atoms with Crippen molar-refractivity contribution in [3.8, 4) is 0 Å². The molecule has 0 radical (unpaired) electrons. The third-order valence-corrected chi connectivity index (χ3v) is 4.14. The molecule has 1 aliphatic heterocycles. The molecule has 20 heavy (non-hydrogen) atoms. The van der Waals surface area contributed by atoms with E-state index in [-0.39, 0.29) is 11.7 Å². The Morgan fingerprint density at radius 1 is 1.40 bits per heavy atom. The van der Waals surface area contributed by atoms with Gasteiger partial charge in [0, 0.05) is 20.2 Å². The van der Waals surface area contributed by atoms with Crippen LogP contribution in [0.3, 0.4) is 0 Å². The molecule has 6 heteroatoms. The zero-order valence-electron chi connectivity index (χ0n) is 12.4. The van der Waals surface area contributed by atoms with E-state index >= 15 is 0 Å². The summed E-state index contributed by atoms with van der Waals surface area (Å²) < 4.78 is 5.47. The molecule has 0 spiro atoms. The summed E-state index contributed by atoms with van der Waals surface area (Å²) >= 11 is 0. The van der Waals surface area contributed by atoms with Gasteiger partial charge >= 0.3 is 5.97 Å². The molecule has 2 heterocycles. The molecule has 0 amide bonds. The highest BCUT2D eigenvalue weighted by Gasteiger charge is 2.30. The summed E-state index contributed by atoms with van der Waals surface area (Å²) in [5, 5.41) is 17.6. The van der Waals surface area contributed by atoms with E-state index in [2.05, 4.69) is 17.1 Å². The van der Waals surface area contributed by atoms with Crippen LogP contribution in [-0.2, 0) is 4.74 Å². The number of nitrogens with zero attached hydrogens (tertiary/aromatic N) is 3. The highest BCUT2D eigenvalue weighted by molar-refractivity contribution is 5.95. The Labute approximate surface area is 118 Å². The van der Waals surface area contributed by atoms with Crippen molar-refractivity contribution in [2.24, 2.45) is 5.92 Å². The molecule has 1 aromatic heterocycles. The van der Waals surface area contributed by atoms with Crippen molar-refractivity contribution in [2.75, 3.05) is 25.1 Å². The average Bonchev–Trinajstić information content (AvgIpc) is 2.42. The van der Waals surface area contributed by atoms with Crippen molar-refractivity contribution >= 4 is 11.8 Å². The van der Waals surface area contributed by atoms with E-state index in [4.69, 9.17) is 4.74 Å². The normalized spacial score (nSPS) is 22.9. The molecule has 1 N–H and O–H groups in total. The van der Waals surface area contributed by atoms with Crippen LogP contribution in [-0.4, -0.2) is 47.6 Å². The van der Waals surface area contributed by atoms with Gasteiger partial charge in [-0.2, -0.15) is 5.10 Å². The van der Waals surface area contributed by atoms with Gasteiger partial charge in [0.05, 0.1) is 11.8 Å². The van der Waals surface area contributed by atoms with E-state index in [0.717, 1.165) is 13.0 Å². The standard InChI is InChI=1S/C14H21N3O3/c1-8-5-6-17(7-11(8)20-4)13-12(14(18)19)9(2)10(3)15-16-13/h8,11H,5-7H2,1-4H3,(H,18,19). The smallest absolute Gasteiger partial charge is 0.339 e. The van der Waals surface area contributed by atoms with Crippen LogP contribution < -0.4 is 4.90 Å². The zero-order chi connectivity index (χ0) is 14.9. The van der Waals surface area contributed by atoms with Gasteiger partial charge in [-0.15, -0.1) is 5.10 Å². The summed E-state index contributed by atoms with van der Waals surface area (Å²) in [6, 6.07) is 0. The summed E-state index contributed by atoms with van der Waals surface area (Å²) in [6.07, 6.45) is 1.04. The number of rotatable bonds is 3. The number of hydrogen-bond acceptors (Lipinski definition) is 5. The number of hydrogen-bond donors (Lipinski definition) is 1. The monoisotopic (exact) mass is 279 g/mol. The quantitative estimate of drug-likeness (QED) is 0.906. The van der Waals surface area contributed by atoms with Crippen molar-refractivity contribution in [3.05, 3.63) is 16.8 Å². The van der Waals surface area contributed by atoms with E-state index in [1.165, 1.54) is 0 Å². The van der Waals surface area contributed by atoms with Crippen molar-refractivity contribution in [1.82, 2.24) is 10.2 Å². The van der Waals surface area contributed by atoms with Gasteiger partial charge in [0.1, 0.15) is 5.56 Å². The Bertz CT molecular complexity index is 519. The van der Waals surface area contributed by atoms with Gasteiger partial charge in [0.15, 0.2) is 5.82 Å². The number of methoxy groups -OCH3 is 1. The van der Waals surface area contributed by atoms with Gasteiger partial charge in [-0.25, -0.2) is 4.79 Å². The lowest BCUT2D eigenvalue weighted by Gasteiger charge is -2.37. The Morgan fingerprint density at radius 2 is 2.10 bits per heavy atom. The van der Waals surface area contributed by atoms with Gasteiger partial charge in [-0.05, 0) is 31.7 Å². The minimum atomic E-state index is -0.955. The summed E-state index contributed by atoms with van der Waals surface area (Å²) in [4.78, 5) is 13.5. The van der Waals surface area contributed by atoms with Gasteiger partial charge in [-0.1, -0.05) is 6.92 Å². The molecule has 1 fully saturated rings. The molecular formula is C14H21N3O3. The zero-order valence-corrected chi connectivity index (χ0v) is 12.4. The third kappa shape index (κ3) is 2.60. The van der Waals surface area contributed by atoms with E-state index in [1.54, 1.807) is 21.0 Å². The van der Waals surface area contributed by atoms with Crippen LogP contribution in [0.4, 0.5) is 5.82 Å². The second kappa shape index (κ2) is 5.75. The number of aryl methyl sites for hydroxylation is 1. The lowest BCUT2D eigenvalue weighted by Crippen LogP contribution is -2.45. The number of carboxylic acids is 1. The van der Waals surface area contributed by atoms with Crippen molar-refractivity contribution in [2.45, 2.75) is 33.3 Å². The number of aromatic carboxylic acids is 1. The predicted molar refractivity (Wildman–Crippen MR) is 75.3 cm³/mol. The third-order valence-electron chi connectivity index (χ3n) is 4.14. The summed E-state index contributed by atoms with van der Waals surface area (Å²) in [7, 11) is 1.69. The Kier molecular flexibility index (Phi) is 4.23. The summed E-state index contributed by atoms with van der Waals surface area (Å²) in [5.74, 6) is -0.0401. The minimum absolute atomic E-state index is 0.0915.